The standard InChI is InChI=1S/C22H23N5O4/c1-2-25-14-17(21(30)31)19(29)16-13-23-22(24-20(16)25)27-10-8-26(9-11-27)18(28)12-15-6-4-3-5-7-15/h3-7,13-14H,2,8-12H2,1H3,(H,30,31). The van der Waals surface area contributed by atoms with Crippen molar-refractivity contribution in [1.29, 1.82) is 0 Å². The number of fused-ring (bicyclic) bond motifs is 1. The number of aromatic nitrogens is 3. The van der Waals surface area contributed by atoms with Crippen LogP contribution in [0.3, 0.4) is 0 Å². The number of carbonyl (C=O) groups excluding carboxylic acids is 1. The second kappa shape index (κ2) is 8.55. The van der Waals surface area contributed by atoms with Crippen molar-refractivity contribution in [2.45, 2.75) is 19.9 Å². The minimum atomic E-state index is -1.27. The van der Waals surface area contributed by atoms with Crippen LogP contribution >= 0.6 is 0 Å². The van der Waals surface area contributed by atoms with E-state index in [-0.39, 0.29) is 16.9 Å². The molecule has 1 N–H and O–H groups in total. The summed E-state index contributed by atoms with van der Waals surface area (Å²) in [4.78, 5) is 49.1. The van der Waals surface area contributed by atoms with Crippen LogP contribution < -0.4 is 10.3 Å². The predicted molar refractivity (Wildman–Crippen MR) is 115 cm³/mol. The van der Waals surface area contributed by atoms with Gasteiger partial charge in [0.1, 0.15) is 11.2 Å². The van der Waals surface area contributed by atoms with Crippen LogP contribution in [0.5, 0.6) is 0 Å². The summed E-state index contributed by atoms with van der Waals surface area (Å²) in [7, 11) is 0. The number of anilines is 1. The van der Waals surface area contributed by atoms with Crippen molar-refractivity contribution in [3.8, 4) is 0 Å². The zero-order chi connectivity index (χ0) is 22.0. The number of carbonyl (C=O) groups is 2. The molecule has 1 aliphatic rings. The third-order valence-electron chi connectivity index (χ3n) is 5.49. The third kappa shape index (κ3) is 4.11. The van der Waals surface area contributed by atoms with Gasteiger partial charge >= 0.3 is 5.97 Å². The van der Waals surface area contributed by atoms with Gasteiger partial charge in [0.15, 0.2) is 0 Å². The van der Waals surface area contributed by atoms with Crippen LogP contribution in [0, 0.1) is 0 Å². The van der Waals surface area contributed by atoms with Gasteiger partial charge in [0, 0.05) is 45.1 Å². The number of nitrogens with zero attached hydrogens (tertiary/aromatic N) is 5. The molecule has 1 saturated heterocycles. The van der Waals surface area contributed by atoms with E-state index in [1.54, 1.807) is 4.57 Å². The van der Waals surface area contributed by atoms with Gasteiger partial charge in [0.05, 0.1) is 11.8 Å². The number of hydrogen-bond donors (Lipinski definition) is 1. The fraction of sp³-hybridized carbons (Fsp3) is 0.318. The van der Waals surface area contributed by atoms with E-state index in [0.29, 0.717) is 50.7 Å². The molecule has 9 heteroatoms. The Morgan fingerprint density at radius 3 is 2.45 bits per heavy atom. The predicted octanol–water partition coefficient (Wildman–Crippen LogP) is 1.40. The van der Waals surface area contributed by atoms with E-state index in [2.05, 4.69) is 9.97 Å². The lowest BCUT2D eigenvalue weighted by molar-refractivity contribution is -0.130. The maximum absolute atomic E-state index is 12.6. The van der Waals surface area contributed by atoms with E-state index >= 15 is 0 Å². The Labute approximate surface area is 178 Å². The first-order valence-electron chi connectivity index (χ1n) is 10.2. The molecule has 9 nitrogen and oxygen atoms in total. The molecule has 3 aromatic rings. The molecular weight excluding hydrogens is 398 g/mol. The molecule has 4 rings (SSSR count). The van der Waals surface area contributed by atoms with E-state index in [9.17, 15) is 19.5 Å². The summed E-state index contributed by atoms with van der Waals surface area (Å²) in [5.74, 6) is -0.715. The van der Waals surface area contributed by atoms with E-state index in [4.69, 9.17) is 0 Å². The van der Waals surface area contributed by atoms with Gasteiger partial charge < -0.3 is 19.5 Å². The number of piperazine rings is 1. The van der Waals surface area contributed by atoms with E-state index in [0.717, 1.165) is 5.56 Å². The topological polar surface area (TPSA) is 109 Å². The van der Waals surface area contributed by atoms with Crippen LogP contribution in [0.15, 0.2) is 47.5 Å². The number of benzene rings is 1. The molecule has 2 aromatic heterocycles. The Hall–Kier alpha value is -3.75. The van der Waals surface area contributed by atoms with Gasteiger partial charge in [-0.05, 0) is 12.5 Å². The van der Waals surface area contributed by atoms with Crippen molar-refractivity contribution in [3.63, 3.8) is 0 Å². The molecule has 1 aromatic carbocycles. The molecular formula is C22H23N5O4. The van der Waals surface area contributed by atoms with Crippen molar-refractivity contribution in [3.05, 3.63) is 64.1 Å². The summed E-state index contributed by atoms with van der Waals surface area (Å²) >= 11 is 0. The van der Waals surface area contributed by atoms with E-state index in [1.165, 1.54) is 12.4 Å². The summed E-state index contributed by atoms with van der Waals surface area (Å²) < 4.78 is 1.64. The summed E-state index contributed by atoms with van der Waals surface area (Å²) in [5.41, 5.74) is 0.516. The Balaban J connectivity index is 1.51. The molecule has 0 atom stereocenters. The quantitative estimate of drug-likeness (QED) is 0.663. The summed E-state index contributed by atoms with van der Waals surface area (Å²) in [6, 6.07) is 9.66. The van der Waals surface area contributed by atoms with Crippen LogP contribution in [0.1, 0.15) is 22.8 Å². The highest BCUT2D eigenvalue weighted by atomic mass is 16.4. The van der Waals surface area contributed by atoms with Crippen LogP contribution in [0.4, 0.5) is 5.95 Å². The molecule has 0 spiro atoms. The van der Waals surface area contributed by atoms with Crippen LogP contribution in [-0.4, -0.2) is 62.6 Å². The number of carboxylic acids is 1. The molecule has 1 amide bonds. The lowest BCUT2D eigenvalue weighted by Crippen LogP contribution is -2.49. The van der Waals surface area contributed by atoms with Crippen molar-refractivity contribution in [2.24, 2.45) is 0 Å². The summed E-state index contributed by atoms with van der Waals surface area (Å²) in [6.07, 6.45) is 3.09. The first-order valence-corrected chi connectivity index (χ1v) is 10.2. The number of hydrogen-bond acceptors (Lipinski definition) is 6. The first-order chi connectivity index (χ1) is 15.0. The molecule has 0 saturated carbocycles. The number of aryl methyl sites for hydroxylation is 1. The smallest absolute Gasteiger partial charge is 0.341 e. The number of amides is 1. The average molecular weight is 421 g/mol. The third-order valence-corrected chi connectivity index (χ3v) is 5.49. The van der Waals surface area contributed by atoms with Gasteiger partial charge in [-0.3, -0.25) is 9.59 Å². The number of carboxylic acid groups (broad SMARTS) is 1. The average Bonchev–Trinajstić information content (AvgIpc) is 2.79. The molecule has 31 heavy (non-hydrogen) atoms. The second-order valence-corrected chi connectivity index (χ2v) is 7.40. The van der Waals surface area contributed by atoms with E-state index in [1.807, 2.05) is 47.1 Å². The van der Waals surface area contributed by atoms with Gasteiger partial charge in [0.2, 0.25) is 17.3 Å². The normalized spacial score (nSPS) is 14.1. The van der Waals surface area contributed by atoms with Gasteiger partial charge in [-0.15, -0.1) is 0 Å². The maximum Gasteiger partial charge on any atom is 0.341 e. The van der Waals surface area contributed by atoms with Gasteiger partial charge in [-0.2, -0.15) is 4.98 Å². The van der Waals surface area contributed by atoms with Crippen molar-refractivity contribution >= 4 is 28.9 Å². The highest BCUT2D eigenvalue weighted by Crippen LogP contribution is 2.16. The monoisotopic (exact) mass is 421 g/mol. The minimum absolute atomic E-state index is 0.0892. The summed E-state index contributed by atoms with van der Waals surface area (Å²) in [5, 5.41) is 9.45. The second-order valence-electron chi connectivity index (χ2n) is 7.40. The van der Waals surface area contributed by atoms with Gasteiger partial charge in [-0.1, -0.05) is 30.3 Å². The number of rotatable bonds is 5. The highest BCUT2D eigenvalue weighted by molar-refractivity contribution is 5.91. The van der Waals surface area contributed by atoms with Crippen LogP contribution in [0.2, 0.25) is 0 Å². The Morgan fingerprint density at radius 2 is 1.81 bits per heavy atom. The number of pyridine rings is 1. The Bertz CT molecular complexity index is 1180. The molecule has 0 aliphatic carbocycles. The van der Waals surface area contributed by atoms with E-state index < -0.39 is 11.4 Å². The SMILES string of the molecule is CCn1cc(C(=O)O)c(=O)c2cnc(N3CCN(C(=O)Cc4ccccc4)CC3)nc21. The molecule has 1 fully saturated rings. The van der Waals surface area contributed by atoms with Gasteiger partial charge in [-0.25, -0.2) is 9.78 Å². The lowest BCUT2D eigenvalue weighted by atomic mass is 10.1. The first kappa shape index (κ1) is 20.5. The van der Waals surface area contributed by atoms with Crippen molar-refractivity contribution in [2.75, 3.05) is 31.1 Å². The van der Waals surface area contributed by atoms with Gasteiger partial charge in [0.25, 0.3) is 0 Å². The zero-order valence-corrected chi connectivity index (χ0v) is 17.2. The van der Waals surface area contributed by atoms with Crippen molar-refractivity contribution < 1.29 is 14.7 Å². The largest absolute Gasteiger partial charge is 0.477 e. The molecule has 1 aliphatic heterocycles. The molecule has 0 bridgehead atoms. The molecule has 160 valence electrons. The zero-order valence-electron chi connectivity index (χ0n) is 17.2. The Morgan fingerprint density at radius 1 is 1.10 bits per heavy atom. The minimum Gasteiger partial charge on any atom is -0.477 e. The maximum atomic E-state index is 12.6. The molecule has 0 unspecified atom stereocenters. The number of aromatic carboxylic acids is 1. The lowest BCUT2D eigenvalue weighted by Gasteiger charge is -2.34. The Kier molecular flexibility index (Phi) is 5.66. The van der Waals surface area contributed by atoms with Crippen LogP contribution in [-0.2, 0) is 17.8 Å². The van der Waals surface area contributed by atoms with Crippen molar-refractivity contribution in [1.82, 2.24) is 19.4 Å². The van der Waals surface area contributed by atoms with Crippen LogP contribution in [0.25, 0.3) is 11.0 Å². The fourth-order valence-electron chi connectivity index (χ4n) is 3.75. The molecule has 0 radical (unpaired) electrons. The highest BCUT2D eigenvalue weighted by Gasteiger charge is 2.24. The fourth-order valence-corrected chi connectivity index (χ4v) is 3.75. The summed E-state index contributed by atoms with van der Waals surface area (Å²) in [6.45, 7) is 4.60. The molecule has 3 heterocycles.